The van der Waals surface area contributed by atoms with Crippen LogP contribution in [0.15, 0.2) is 48.5 Å². The topological polar surface area (TPSA) is 69.9 Å². The summed E-state index contributed by atoms with van der Waals surface area (Å²) in [7, 11) is 0. The highest BCUT2D eigenvalue weighted by Crippen LogP contribution is 2.34. The smallest absolute Gasteiger partial charge is 0.126 e. The average Bonchev–Trinajstić information content (AvgIpc) is 3.15. The second-order valence-electron chi connectivity index (χ2n) is 6.92. The molecule has 4 atom stereocenters. The second kappa shape index (κ2) is 9.78. The van der Waals surface area contributed by atoms with Crippen LogP contribution < -0.4 is 0 Å². The van der Waals surface area contributed by atoms with Crippen LogP contribution >= 0.6 is 11.3 Å². The van der Waals surface area contributed by atoms with Crippen LogP contribution in [0, 0.1) is 5.82 Å². The number of aliphatic hydroxyl groups is 3. The number of thiophene rings is 1. The molecule has 0 radical (unpaired) electrons. The minimum Gasteiger partial charge on any atom is -0.394 e. The van der Waals surface area contributed by atoms with Crippen LogP contribution in [-0.4, -0.2) is 40.2 Å². The lowest BCUT2D eigenvalue weighted by atomic mass is 9.93. The van der Waals surface area contributed by atoms with Gasteiger partial charge in [0.05, 0.1) is 18.8 Å². The SMILES string of the molecule is CC.OCC1OC(c2ccc(F)c(Cc3cc4ccccc4s3)c2)CC(O)[C@@H]1O. The lowest BCUT2D eigenvalue weighted by Gasteiger charge is -2.36. The maximum absolute atomic E-state index is 14.4. The summed E-state index contributed by atoms with van der Waals surface area (Å²) < 4.78 is 21.3. The van der Waals surface area contributed by atoms with Crippen molar-refractivity contribution in [2.24, 2.45) is 0 Å². The molecule has 0 aliphatic carbocycles. The molecule has 2 aromatic carbocycles. The Labute approximate surface area is 174 Å². The molecule has 3 aromatic rings. The maximum Gasteiger partial charge on any atom is 0.126 e. The van der Waals surface area contributed by atoms with E-state index in [4.69, 9.17) is 4.74 Å². The van der Waals surface area contributed by atoms with E-state index in [9.17, 15) is 19.7 Å². The highest BCUT2D eigenvalue weighted by molar-refractivity contribution is 7.19. The van der Waals surface area contributed by atoms with E-state index in [0.717, 1.165) is 15.8 Å². The van der Waals surface area contributed by atoms with Crippen molar-refractivity contribution in [2.75, 3.05) is 6.61 Å². The van der Waals surface area contributed by atoms with E-state index in [-0.39, 0.29) is 18.8 Å². The molecule has 0 amide bonds. The number of rotatable bonds is 4. The fourth-order valence-electron chi connectivity index (χ4n) is 3.56. The fourth-order valence-corrected chi connectivity index (χ4v) is 4.65. The third-order valence-corrected chi connectivity index (χ3v) is 6.15. The molecule has 1 fully saturated rings. The minimum absolute atomic E-state index is 0.200. The number of ether oxygens (including phenoxy) is 1. The number of hydrogen-bond acceptors (Lipinski definition) is 5. The number of halogens is 1. The second-order valence-corrected chi connectivity index (χ2v) is 8.09. The first-order valence-electron chi connectivity index (χ1n) is 9.93. The molecule has 4 rings (SSSR count). The molecule has 0 saturated carbocycles. The van der Waals surface area contributed by atoms with Crippen LogP contribution in [0.1, 0.15) is 42.4 Å². The van der Waals surface area contributed by atoms with Crippen LogP contribution in [0.5, 0.6) is 0 Å². The van der Waals surface area contributed by atoms with Gasteiger partial charge in [-0.1, -0.05) is 38.1 Å². The summed E-state index contributed by atoms with van der Waals surface area (Å²) >= 11 is 1.64. The Kier molecular flexibility index (Phi) is 7.38. The van der Waals surface area contributed by atoms with Crippen molar-refractivity contribution in [3.8, 4) is 0 Å². The molecule has 0 bridgehead atoms. The summed E-state index contributed by atoms with van der Waals surface area (Å²) in [5.41, 5.74) is 1.29. The summed E-state index contributed by atoms with van der Waals surface area (Å²) in [6.07, 6.45) is -2.79. The molecule has 1 aromatic heterocycles. The molecule has 6 heteroatoms. The van der Waals surface area contributed by atoms with Crippen molar-refractivity contribution < 1.29 is 24.4 Å². The molecule has 29 heavy (non-hydrogen) atoms. The van der Waals surface area contributed by atoms with Crippen LogP contribution in [0.25, 0.3) is 10.1 Å². The summed E-state index contributed by atoms with van der Waals surface area (Å²) in [5, 5.41) is 30.4. The van der Waals surface area contributed by atoms with Crippen LogP contribution in [0.4, 0.5) is 4.39 Å². The van der Waals surface area contributed by atoms with Gasteiger partial charge >= 0.3 is 0 Å². The van der Waals surface area contributed by atoms with E-state index >= 15 is 0 Å². The summed E-state index contributed by atoms with van der Waals surface area (Å²) in [4.78, 5) is 1.07. The first-order chi connectivity index (χ1) is 14.0. The zero-order valence-corrected chi connectivity index (χ0v) is 17.4. The van der Waals surface area contributed by atoms with Crippen LogP contribution in [0.3, 0.4) is 0 Å². The molecule has 3 unspecified atom stereocenters. The predicted octanol–water partition coefficient (Wildman–Crippen LogP) is 4.20. The molecule has 2 heterocycles. The molecule has 156 valence electrons. The van der Waals surface area contributed by atoms with Crippen LogP contribution in [-0.2, 0) is 11.2 Å². The largest absolute Gasteiger partial charge is 0.394 e. The quantitative estimate of drug-likeness (QED) is 0.594. The molecule has 1 aliphatic heterocycles. The van der Waals surface area contributed by atoms with Crippen LogP contribution in [0.2, 0.25) is 0 Å². The molecule has 4 nitrogen and oxygen atoms in total. The van der Waals surface area contributed by atoms with E-state index < -0.39 is 24.4 Å². The van der Waals surface area contributed by atoms with Gasteiger partial charge in [-0.3, -0.25) is 0 Å². The van der Waals surface area contributed by atoms with Gasteiger partial charge in [0.1, 0.15) is 18.0 Å². The van der Waals surface area contributed by atoms with Gasteiger partial charge in [-0.25, -0.2) is 4.39 Å². The summed E-state index contributed by atoms with van der Waals surface area (Å²) in [5.74, 6) is -0.286. The number of fused-ring (bicyclic) bond motifs is 1. The lowest BCUT2D eigenvalue weighted by Crippen LogP contribution is -2.47. The number of hydrogen-bond donors (Lipinski definition) is 3. The Hall–Kier alpha value is -1.83. The lowest BCUT2D eigenvalue weighted by molar-refractivity contribution is -0.181. The first kappa shape index (κ1) is 21.9. The van der Waals surface area contributed by atoms with E-state index in [1.807, 2.05) is 38.1 Å². The van der Waals surface area contributed by atoms with Crippen molar-refractivity contribution in [2.45, 2.75) is 51.1 Å². The third kappa shape index (κ3) is 4.85. The molecular weight excluding hydrogens is 391 g/mol. The van der Waals surface area contributed by atoms with Crippen molar-refractivity contribution in [3.63, 3.8) is 0 Å². The molecule has 3 N–H and O–H groups in total. The first-order valence-corrected chi connectivity index (χ1v) is 10.7. The van der Waals surface area contributed by atoms with Gasteiger partial charge < -0.3 is 20.1 Å². The summed E-state index contributed by atoms with van der Waals surface area (Å²) in [6, 6.07) is 14.9. The molecule has 1 saturated heterocycles. The number of aliphatic hydroxyl groups excluding tert-OH is 3. The standard InChI is InChI=1S/C21H21FO4S.C2H6/c22-16-6-5-12(18-10-17(24)21(25)19(11-23)26-18)7-14(16)9-15-8-13-3-1-2-4-20(13)27-15;1-2/h1-8,17-19,21,23-25H,9-11H2;1-2H3/t17?,18?,19?,21-;/m0./s1. The average molecular weight is 419 g/mol. The Bertz CT molecular complexity index is 909. The highest BCUT2D eigenvalue weighted by atomic mass is 32.1. The Morgan fingerprint density at radius 2 is 1.86 bits per heavy atom. The Morgan fingerprint density at radius 3 is 2.59 bits per heavy atom. The Balaban J connectivity index is 0.00000117. The van der Waals surface area contributed by atoms with E-state index in [2.05, 4.69) is 6.07 Å². The van der Waals surface area contributed by atoms with Gasteiger partial charge in [0, 0.05) is 22.4 Å². The number of benzene rings is 2. The van der Waals surface area contributed by atoms with E-state index in [0.29, 0.717) is 12.0 Å². The van der Waals surface area contributed by atoms with Crippen molar-refractivity contribution >= 4 is 21.4 Å². The zero-order chi connectivity index (χ0) is 21.0. The van der Waals surface area contributed by atoms with E-state index in [1.54, 1.807) is 23.5 Å². The van der Waals surface area contributed by atoms with Gasteiger partial charge in [-0.15, -0.1) is 11.3 Å². The normalized spacial score (nSPS) is 24.2. The summed E-state index contributed by atoms with van der Waals surface area (Å²) in [6.45, 7) is 3.62. The molecule has 0 spiro atoms. The Morgan fingerprint density at radius 1 is 1.10 bits per heavy atom. The zero-order valence-electron chi connectivity index (χ0n) is 16.6. The minimum atomic E-state index is -1.12. The predicted molar refractivity (Wildman–Crippen MR) is 114 cm³/mol. The van der Waals surface area contributed by atoms with Gasteiger partial charge in [0.15, 0.2) is 0 Å². The van der Waals surface area contributed by atoms with Gasteiger partial charge in [-0.05, 0) is 40.8 Å². The monoisotopic (exact) mass is 418 g/mol. The fraction of sp³-hybridized carbons (Fsp3) is 0.391. The van der Waals surface area contributed by atoms with Crippen molar-refractivity contribution in [3.05, 3.63) is 70.4 Å². The van der Waals surface area contributed by atoms with Gasteiger partial charge in [0.25, 0.3) is 0 Å². The van der Waals surface area contributed by atoms with Gasteiger partial charge in [0.2, 0.25) is 0 Å². The maximum atomic E-state index is 14.4. The van der Waals surface area contributed by atoms with E-state index in [1.165, 1.54) is 10.8 Å². The van der Waals surface area contributed by atoms with Crippen molar-refractivity contribution in [1.29, 1.82) is 0 Å². The highest BCUT2D eigenvalue weighted by Gasteiger charge is 2.37. The van der Waals surface area contributed by atoms with Crippen molar-refractivity contribution in [1.82, 2.24) is 0 Å². The molecule has 1 aliphatic rings. The molecular formula is C23H27FO4S. The van der Waals surface area contributed by atoms with Gasteiger partial charge in [-0.2, -0.15) is 0 Å². The third-order valence-electron chi connectivity index (χ3n) is 5.03.